The molecule has 0 radical (unpaired) electrons. The van der Waals surface area contributed by atoms with Gasteiger partial charge in [0.15, 0.2) is 0 Å². The van der Waals surface area contributed by atoms with Crippen LogP contribution in [0, 0.1) is 0 Å². The molecule has 3 rings (SSSR count). The largest absolute Gasteiger partial charge is 0.492 e. The fourth-order valence-electron chi connectivity index (χ4n) is 3.99. The van der Waals surface area contributed by atoms with Crippen molar-refractivity contribution >= 4 is 43.5 Å². The topological polar surface area (TPSA) is 96.0 Å². The summed E-state index contributed by atoms with van der Waals surface area (Å²) in [6, 6.07) is 21.0. The van der Waals surface area contributed by atoms with Crippen LogP contribution in [0.2, 0.25) is 0 Å². The summed E-state index contributed by atoms with van der Waals surface area (Å²) in [7, 11) is -4.17. The fraction of sp³-hybridized carbons (Fsp3) is 0.310. The zero-order valence-corrected chi connectivity index (χ0v) is 24.9. The van der Waals surface area contributed by atoms with Crippen molar-refractivity contribution in [2.45, 2.75) is 51.2 Å². The number of amides is 2. The van der Waals surface area contributed by atoms with Gasteiger partial charge in [0.2, 0.25) is 11.8 Å². The number of para-hydroxylation sites is 2. The van der Waals surface area contributed by atoms with Gasteiger partial charge in [-0.2, -0.15) is 0 Å². The van der Waals surface area contributed by atoms with Crippen molar-refractivity contribution < 1.29 is 22.7 Å². The number of ether oxygens (including phenoxy) is 1. The lowest BCUT2D eigenvalue weighted by atomic mass is 10.1. The summed E-state index contributed by atoms with van der Waals surface area (Å²) in [5, 5.41) is 2.85. The molecular weight excluding hydrogens is 582 g/mol. The summed E-state index contributed by atoms with van der Waals surface area (Å²) in [6.07, 6.45) is 0. The van der Waals surface area contributed by atoms with Crippen LogP contribution in [0.25, 0.3) is 0 Å². The van der Waals surface area contributed by atoms with Gasteiger partial charge in [0, 0.05) is 17.1 Å². The molecule has 0 aliphatic carbocycles. The van der Waals surface area contributed by atoms with Gasteiger partial charge in [-0.25, -0.2) is 8.42 Å². The van der Waals surface area contributed by atoms with Gasteiger partial charge in [0.1, 0.15) is 18.3 Å². The predicted octanol–water partition coefficient (Wildman–Crippen LogP) is 4.99. The molecule has 8 nitrogen and oxygen atoms in total. The molecule has 2 amide bonds. The van der Waals surface area contributed by atoms with Crippen LogP contribution < -0.4 is 14.4 Å². The van der Waals surface area contributed by atoms with E-state index in [-0.39, 0.29) is 29.1 Å². The number of carbonyl (C=O) groups excluding carboxylic acids is 2. The Morgan fingerprint density at radius 3 is 2.26 bits per heavy atom. The normalized spacial score (nSPS) is 12.1. The Bertz CT molecular complexity index is 1380. The van der Waals surface area contributed by atoms with E-state index in [9.17, 15) is 18.0 Å². The second-order valence-corrected chi connectivity index (χ2v) is 12.0. The summed E-state index contributed by atoms with van der Waals surface area (Å²) in [5.41, 5.74) is 1.02. The van der Waals surface area contributed by atoms with Crippen LogP contribution in [0.3, 0.4) is 0 Å². The van der Waals surface area contributed by atoms with Gasteiger partial charge in [-0.15, -0.1) is 0 Å². The summed E-state index contributed by atoms with van der Waals surface area (Å²) >= 11 is 3.45. The maximum absolute atomic E-state index is 14.0. The van der Waals surface area contributed by atoms with Crippen LogP contribution >= 0.6 is 15.9 Å². The van der Waals surface area contributed by atoms with Gasteiger partial charge < -0.3 is 15.0 Å². The zero-order valence-electron chi connectivity index (χ0n) is 22.5. The van der Waals surface area contributed by atoms with E-state index in [0.29, 0.717) is 12.4 Å². The maximum Gasteiger partial charge on any atom is 0.264 e. The first kappa shape index (κ1) is 30.2. The molecular formula is C29H34BrN3O5S. The van der Waals surface area contributed by atoms with E-state index < -0.39 is 28.5 Å². The first-order chi connectivity index (χ1) is 18.5. The number of nitrogens with one attached hydrogen (secondary N) is 1. The molecule has 0 spiro atoms. The monoisotopic (exact) mass is 615 g/mol. The molecule has 208 valence electrons. The molecule has 10 heteroatoms. The molecule has 3 aromatic carbocycles. The molecule has 0 unspecified atom stereocenters. The Balaban J connectivity index is 2.07. The number of hydrogen-bond donors (Lipinski definition) is 1. The summed E-state index contributed by atoms with van der Waals surface area (Å²) < 4.78 is 35.4. The number of nitrogens with zero attached hydrogens (tertiary/aromatic N) is 2. The molecule has 0 fully saturated rings. The third-order valence-corrected chi connectivity index (χ3v) is 8.15. The van der Waals surface area contributed by atoms with Gasteiger partial charge in [0.05, 0.1) is 17.2 Å². The molecule has 39 heavy (non-hydrogen) atoms. The van der Waals surface area contributed by atoms with Gasteiger partial charge in [-0.3, -0.25) is 13.9 Å². The SMILES string of the molecule is CCOc1ccccc1N(CC(=O)N(Cc1cccc(Br)c1)[C@H](C)C(=O)NC(C)C)S(=O)(=O)c1ccccc1. The minimum absolute atomic E-state index is 0.0354. The van der Waals surface area contributed by atoms with E-state index in [1.807, 2.05) is 38.1 Å². The number of rotatable bonds is 12. The number of hydrogen-bond acceptors (Lipinski definition) is 5. The number of sulfonamides is 1. The molecule has 0 heterocycles. The van der Waals surface area contributed by atoms with Crippen LogP contribution in [0.4, 0.5) is 5.69 Å². The van der Waals surface area contributed by atoms with Gasteiger partial charge in [-0.1, -0.05) is 58.4 Å². The highest BCUT2D eigenvalue weighted by atomic mass is 79.9. The Morgan fingerprint density at radius 1 is 0.949 bits per heavy atom. The van der Waals surface area contributed by atoms with Crippen molar-refractivity contribution in [3.05, 3.63) is 88.9 Å². The minimum atomic E-state index is -4.17. The van der Waals surface area contributed by atoms with E-state index in [1.165, 1.54) is 17.0 Å². The maximum atomic E-state index is 14.0. The van der Waals surface area contributed by atoms with Crippen molar-refractivity contribution in [1.82, 2.24) is 10.2 Å². The highest BCUT2D eigenvalue weighted by Crippen LogP contribution is 2.33. The molecule has 0 saturated carbocycles. The molecule has 0 bridgehead atoms. The van der Waals surface area contributed by atoms with Crippen LogP contribution in [-0.2, 0) is 26.2 Å². The smallest absolute Gasteiger partial charge is 0.264 e. The first-order valence-electron chi connectivity index (χ1n) is 12.7. The van der Waals surface area contributed by atoms with Crippen LogP contribution in [-0.4, -0.2) is 50.4 Å². The number of carbonyl (C=O) groups is 2. The zero-order chi connectivity index (χ0) is 28.6. The van der Waals surface area contributed by atoms with E-state index in [1.54, 1.807) is 56.3 Å². The minimum Gasteiger partial charge on any atom is -0.492 e. The third-order valence-electron chi connectivity index (χ3n) is 5.88. The molecule has 0 saturated heterocycles. The van der Waals surface area contributed by atoms with E-state index >= 15 is 0 Å². The second-order valence-electron chi connectivity index (χ2n) is 9.22. The van der Waals surface area contributed by atoms with Crippen LogP contribution in [0.15, 0.2) is 88.2 Å². The molecule has 0 aliphatic rings. The van der Waals surface area contributed by atoms with Crippen molar-refractivity contribution in [2.75, 3.05) is 17.5 Å². The Kier molecular flexibility index (Phi) is 10.5. The Hall–Kier alpha value is -3.37. The molecule has 3 aromatic rings. The number of anilines is 1. The third kappa shape index (κ3) is 7.83. The van der Waals surface area contributed by atoms with Gasteiger partial charge in [-0.05, 0) is 69.7 Å². The van der Waals surface area contributed by atoms with Crippen molar-refractivity contribution in [3.63, 3.8) is 0 Å². The second kappa shape index (κ2) is 13.6. The lowest BCUT2D eigenvalue weighted by Gasteiger charge is -2.32. The summed E-state index contributed by atoms with van der Waals surface area (Å²) in [5.74, 6) is -0.538. The molecule has 0 aromatic heterocycles. The highest BCUT2D eigenvalue weighted by molar-refractivity contribution is 9.10. The lowest BCUT2D eigenvalue weighted by Crippen LogP contribution is -2.52. The molecule has 1 atom stereocenters. The Labute approximate surface area is 239 Å². The van der Waals surface area contributed by atoms with E-state index in [2.05, 4.69) is 21.2 Å². The summed E-state index contributed by atoms with van der Waals surface area (Å²) in [6.45, 7) is 7.00. The van der Waals surface area contributed by atoms with E-state index in [4.69, 9.17) is 4.74 Å². The fourth-order valence-corrected chi connectivity index (χ4v) is 5.89. The predicted molar refractivity (Wildman–Crippen MR) is 156 cm³/mol. The quantitative estimate of drug-likeness (QED) is 0.310. The Morgan fingerprint density at radius 2 is 1.62 bits per heavy atom. The molecule has 0 aliphatic heterocycles. The van der Waals surface area contributed by atoms with Crippen LogP contribution in [0.1, 0.15) is 33.3 Å². The number of halogens is 1. The lowest BCUT2D eigenvalue weighted by molar-refractivity contribution is -0.139. The van der Waals surface area contributed by atoms with Crippen molar-refractivity contribution in [2.24, 2.45) is 0 Å². The first-order valence-corrected chi connectivity index (χ1v) is 14.9. The van der Waals surface area contributed by atoms with Crippen LogP contribution in [0.5, 0.6) is 5.75 Å². The molecule has 1 N–H and O–H groups in total. The average Bonchev–Trinajstić information content (AvgIpc) is 2.90. The van der Waals surface area contributed by atoms with Gasteiger partial charge in [0.25, 0.3) is 10.0 Å². The standard InChI is InChI=1S/C29H34BrN3O5S/c1-5-38-27-17-10-9-16-26(27)33(39(36,37)25-14-7-6-8-15-25)20-28(34)32(22(4)29(35)31-21(2)3)19-23-12-11-13-24(30)18-23/h6-18,21-22H,5,19-20H2,1-4H3,(H,31,35)/t22-/m1/s1. The average molecular weight is 617 g/mol. The van der Waals surface area contributed by atoms with Crippen molar-refractivity contribution in [1.29, 1.82) is 0 Å². The van der Waals surface area contributed by atoms with E-state index in [0.717, 1.165) is 14.3 Å². The highest BCUT2D eigenvalue weighted by Gasteiger charge is 2.33. The number of benzene rings is 3. The van der Waals surface area contributed by atoms with Gasteiger partial charge >= 0.3 is 0 Å². The summed E-state index contributed by atoms with van der Waals surface area (Å²) in [4.78, 5) is 28.4. The van der Waals surface area contributed by atoms with Crippen molar-refractivity contribution in [3.8, 4) is 5.75 Å².